The van der Waals surface area contributed by atoms with Gasteiger partial charge in [-0.3, -0.25) is 0 Å². The summed E-state index contributed by atoms with van der Waals surface area (Å²) < 4.78 is 5.17. The molecule has 1 rings (SSSR count). The highest BCUT2D eigenvalue weighted by Gasteiger charge is 2.14. The highest BCUT2D eigenvalue weighted by molar-refractivity contribution is 7.15. The van der Waals surface area contributed by atoms with Crippen molar-refractivity contribution < 1.29 is 4.74 Å². The average Bonchev–Trinajstić information content (AvgIpc) is 2.82. The molecule has 4 nitrogen and oxygen atoms in total. The molecule has 0 spiro atoms. The van der Waals surface area contributed by atoms with Crippen molar-refractivity contribution in [3.63, 3.8) is 0 Å². The average molecular weight is 271 g/mol. The molecule has 0 saturated carbocycles. The molecule has 0 aliphatic heterocycles. The smallest absolute Gasteiger partial charge is 0.185 e. The van der Waals surface area contributed by atoms with Crippen LogP contribution in [0.15, 0.2) is 6.20 Å². The second kappa shape index (κ2) is 7.71. The summed E-state index contributed by atoms with van der Waals surface area (Å²) in [4.78, 5) is 8.13. The second-order valence-electron chi connectivity index (χ2n) is 4.89. The minimum atomic E-state index is 0.361. The van der Waals surface area contributed by atoms with Gasteiger partial charge in [0, 0.05) is 37.3 Å². The number of nitrogens with one attached hydrogen (secondary N) is 1. The second-order valence-corrected chi connectivity index (χ2v) is 5.93. The molecule has 1 aromatic rings. The van der Waals surface area contributed by atoms with Gasteiger partial charge in [0.2, 0.25) is 0 Å². The Morgan fingerprint density at radius 1 is 1.44 bits per heavy atom. The maximum absolute atomic E-state index is 5.17. The first-order valence-electron chi connectivity index (χ1n) is 6.45. The van der Waals surface area contributed by atoms with Crippen LogP contribution in [-0.2, 0) is 4.74 Å². The molecule has 1 heterocycles. The van der Waals surface area contributed by atoms with Crippen LogP contribution < -0.4 is 10.2 Å². The molecule has 0 radical (unpaired) electrons. The summed E-state index contributed by atoms with van der Waals surface area (Å²) in [5, 5.41) is 4.34. The molecule has 1 N–H and O–H groups in total. The molecule has 1 atom stereocenters. The molecule has 1 unspecified atom stereocenters. The van der Waals surface area contributed by atoms with Crippen LogP contribution in [0.25, 0.3) is 0 Å². The van der Waals surface area contributed by atoms with Crippen LogP contribution in [0.2, 0.25) is 0 Å². The van der Waals surface area contributed by atoms with E-state index in [0.717, 1.165) is 24.8 Å². The molecule has 0 aliphatic carbocycles. The first-order valence-corrected chi connectivity index (χ1v) is 7.27. The summed E-state index contributed by atoms with van der Waals surface area (Å²) in [5.41, 5.74) is 0. The van der Waals surface area contributed by atoms with Gasteiger partial charge in [-0.2, -0.15) is 0 Å². The quantitative estimate of drug-likeness (QED) is 0.788. The number of rotatable bonds is 8. The van der Waals surface area contributed by atoms with Crippen LogP contribution in [0.3, 0.4) is 0 Å². The fourth-order valence-corrected chi connectivity index (χ4v) is 2.68. The maximum atomic E-state index is 5.17. The first-order chi connectivity index (χ1) is 8.58. The summed E-state index contributed by atoms with van der Waals surface area (Å²) in [6.45, 7) is 9.26. The lowest BCUT2D eigenvalue weighted by atomic mass is 10.2. The van der Waals surface area contributed by atoms with E-state index in [1.165, 1.54) is 4.88 Å². The van der Waals surface area contributed by atoms with Gasteiger partial charge in [0.05, 0.1) is 6.61 Å². The summed E-state index contributed by atoms with van der Waals surface area (Å²) >= 11 is 1.76. The molecule has 0 bridgehead atoms. The fourth-order valence-electron chi connectivity index (χ4n) is 1.67. The highest BCUT2D eigenvalue weighted by Crippen LogP contribution is 2.27. The largest absolute Gasteiger partial charge is 0.383 e. The Balaban J connectivity index is 2.74. The molecule has 0 amide bonds. The molecule has 104 valence electrons. The number of aromatic nitrogens is 1. The van der Waals surface area contributed by atoms with E-state index in [-0.39, 0.29) is 0 Å². The van der Waals surface area contributed by atoms with Crippen molar-refractivity contribution in [2.45, 2.75) is 26.8 Å². The molecule has 18 heavy (non-hydrogen) atoms. The summed E-state index contributed by atoms with van der Waals surface area (Å²) in [5.74, 6) is 0.621. The monoisotopic (exact) mass is 271 g/mol. The number of hydrogen-bond donors (Lipinski definition) is 1. The van der Waals surface area contributed by atoms with Crippen molar-refractivity contribution in [2.75, 3.05) is 38.8 Å². The molecular formula is C13H25N3OS. The first kappa shape index (κ1) is 15.4. The van der Waals surface area contributed by atoms with Crippen LogP contribution in [0, 0.1) is 5.92 Å². The van der Waals surface area contributed by atoms with Crippen molar-refractivity contribution in [2.24, 2.45) is 5.92 Å². The molecule has 0 saturated heterocycles. The Bertz CT molecular complexity index is 341. The zero-order valence-electron chi connectivity index (χ0n) is 12.1. The Labute approximate surface area is 114 Å². The van der Waals surface area contributed by atoms with E-state index in [9.17, 15) is 0 Å². The standard InChI is InChI=1S/C13H25N3OS/c1-10(2)9-16(6-7-17-5)13-15-8-12(18-13)11(3)14-4/h8,10-11,14H,6-7,9H2,1-5H3. The third-order valence-electron chi connectivity index (χ3n) is 2.79. The number of hydrogen-bond acceptors (Lipinski definition) is 5. The number of ether oxygens (including phenoxy) is 1. The Kier molecular flexibility index (Phi) is 6.60. The highest BCUT2D eigenvalue weighted by atomic mass is 32.1. The fraction of sp³-hybridized carbons (Fsp3) is 0.769. The Hall–Kier alpha value is -0.650. The normalized spacial score (nSPS) is 13.0. The summed E-state index contributed by atoms with van der Waals surface area (Å²) in [6, 6.07) is 0.361. The van der Waals surface area contributed by atoms with Crippen molar-refractivity contribution in [1.82, 2.24) is 10.3 Å². The maximum Gasteiger partial charge on any atom is 0.185 e. The van der Waals surface area contributed by atoms with Crippen LogP contribution >= 0.6 is 11.3 Å². The third-order valence-corrected chi connectivity index (χ3v) is 4.03. The molecule has 1 aromatic heterocycles. The van der Waals surface area contributed by atoms with E-state index in [2.05, 4.69) is 36.0 Å². The Morgan fingerprint density at radius 2 is 2.17 bits per heavy atom. The van der Waals surface area contributed by atoms with Gasteiger partial charge in [0.1, 0.15) is 0 Å². The molecular weight excluding hydrogens is 246 g/mol. The van der Waals surface area contributed by atoms with E-state index >= 15 is 0 Å². The van der Waals surface area contributed by atoms with Crippen molar-refractivity contribution in [3.8, 4) is 0 Å². The summed E-state index contributed by atoms with van der Waals surface area (Å²) in [6.07, 6.45) is 1.97. The van der Waals surface area contributed by atoms with Gasteiger partial charge in [0.15, 0.2) is 5.13 Å². The minimum Gasteiger partial charge on any atom is -0.383 e. The van der Waals surface area contributed by atoms with E-state index in [0.29, 0.717) is 12.0 Å². The van der Waals surface area contributed by atoms with Crippen LogP contribution in [0.5, 0.6) is 0 Å². The lowest BCUT2D eigenvalue weighted by Gasteiger charge is -2.23. The number of anilines is 1. The molecule has 5 heteroatoms. The number of thiazole rings is 1. The predicted octanol–water partition coefficient (Wildman–Crippen LogP) is 2.53. The van der Waals surface area contributed by atoms with Gasteiger partial charge < -0.3 is 15.0 Å². The SMILES string of the molecule is CNC(C)c1cnc(N(CCOC)CC(C)C)s1. The van der Waals surface area contributed by atoms with E-state index in [4.69, 9.17) is 4.74 Å². The van der Waals surface area contributed by atoms with Gasteiger partial charge in [-0.25, -0.2) is 4.98 Å². The van der Waals surface area contributed by atoms with Gasteiger partial charge in [-0.05, 0) is 19.9 Å². The van der Waals surface area contributed by atoms with Crippen LogP contribution in [-0.4, -0.2) is 38.8 Å². The van der Waals surface area contributed by atoms with E-state index < -0.39 is 0 Å². The number of nitrogens with zero attached hydrogens (tertiary/aromatic N) is 2. The van der Waals surface area contributed by atoms with Gasteiger partial charge in [0.25, 0.3) is 0 Å². The van der Waals surface area contributed by atoms with Crippen molar-refractivity contribution >= 4 is 16.5 Å². The van der Waals surface area contributed by atoms with Crippen molar-refractivity contribution in [3.05, 3.63) is 11.1 Å². The minimum absolute atomic E-state index is 0.361. The van der Waals surface area contributed by atoms with E-state index in [1.54, 1.807) is 18.4 Å². The molecule has 0 aromatic carbocycles. The van der Waals surface area contributed by atoms with Crippen molar-refractivity contribution in [1.29, 1.82) is 0 Å². The topological polar surface area (TPSA) is 37.4 Å². The van der Waals surface area contributed by atoms with Gasteiger partial charge in [-0.1, -0.05) is 13.8 Å². The van der Waals surface area contributed by atoms with E-state index in [1.807, 2.05) is 13.2 Å². The van der Waals surface area contributed by atoms with Gasteiger partial charge >= 0.3 is 0 Å². The zero-order chi connectivity index (χ0) is 13.5. The predicted molar refractivity (Wildman–Crippen MR) is 78.5 cm³/mol. The third kappa shape index (κ3) is 4.55. The number of methoxy groups -OCH3 is 1. The lowest BCUT2D eigenvalue weighted by molar-refractivity contribution is 0.204. The Morgan fingerprint density at radius 3 is 2.72 bits per heavy atom. The lowest BCUT2D eigenvalue weighted by Crippen LogP contribution is -2.30. The van der Waals surface area contributed by atoms with Gasteiger partial charge in [-0.15, -0.1) is 11.3 Å². The summed E-state index contributed by atoms with van der Waals surface area (Å²) in [7, 11) is 3.71. The van der Waals surface area contributed by atoms with Crippen LogP contribution in [0.1, 0.15) is 31.7 Å². The molecule has 0 fully saturated rings. The van der Waals surface area contributed by atoms with Crippen LogP contribution in [0.4, 0.5) is 5.13 Å². The molecule has 0 aliphatic rings. The zero-order valence-corrected chi connectivity index (χ0v) is 12.9.